The first-order chi connectivity index (χ1) is 10.1. The van der Waals surface area contributed by atoms with Crippen LogP contribution in [0.5, 0.6) is 0 Å². The van der Waals surface area contributed by atoms with Gasteiger partial charge in [-0.25, -0.2) is 4.98 Å². The Hall–Kier alpha value is -1.39. The lowest BCUT2D eigenvalue weighted by molar-refractivity contribution is 0.527. The largest absolute Gasteiger partial charge is 0.383 e. The first-order valence-electron chi connectivity index (χ1n) is 7.30. The van der Waals surface area contributed by atoms with Crippen LogP contribution >= 0.6 is 15.9 Å². The van der Waals surface area contributed by atoms with Crippen molar-refractivity contribution in [2.24, 2.45) is 0 Å². The van der Waals surface area contributed by atoms with Crippen LogP contribution in [0.25, 0.3) is 0 Å². The van der Waals surface area contributed by atoms with Crippen molar-refractivity contribution in [3.63, 3.8) is 0 Å². The van der Waals surface area contributed by atoms with E-state index >= 15 is 0 Å². The van der Waals surface area contributed by atoms with Gasteiger partial charge in [0.25, 0.3) is 0 Å². The van der Waals surface area contributed by atoms with Crippen molar-refractivity contribution < 1.29 is 0 Å². The number of rotatable bonds is 6. The maximum Gasteiger partial charge on any atom is 0.126 e. The van der Waals surface area contributed by atoms with E-state index in [1.165, 1.54) is 11.1 Å². The van der Waals surface area contributed by atoms with Crippen LogP contribution in [-0.4, -0.2) is 11.5 Å². The number of nitrogens with zero attached hydrogens (tertiary/aromatic N) is 1. The van der Waals surface area contributed by atoms with E-state index in [-0.39, 0.29) is 6.04 Å². The quantitative estimate of drug-likeness (QED) is 0.829. The molecule has 1 unspecified atom stereocenters. The SMILES string of the molecule is CCCNC(Cc1cccnc1N)c1ccc(Br)cc1C. The summed E-state index contributed by atoms with van der Waals surface area (Å²) < 4.78 is 1.11. The molecule has 3 nitrogen and oxygen atoms in total. The van der Waals surface area contributed by atoms with Gasteiger partial charge in [0, 0.05) is 16.7 Å². The van der Waals surface area contributed by atoms with Crippen molar-refractivity contribution in [1.82, 2.24) is 10.3 Å². The molecule has 0 spiro atoms. The highest BCUT2D eigenvalue weighted by atomic mass is 79.9. The number of aryl methyl sites for hydroxylation is 1. The van der Waals surface area contributed by atoms with Crippen LogP contribution in [0.1, 0.15) is 36.1 Å². The van der Waals surface area contributed by atoms with Crippen LogP contribution in [0.2, 0.25) is 0 Å². The molecule has 2 aromatic rings. The molecule has 3 N–H and O–H groups in total. The molecule has 21 heavy (non-hydrogen) atoms. The average Bonchev–Trinajstić information content (AvgIpc) is 2.46. The molecule has 0 amide bonds. The fraction of sp³-hybridized carbons (Fsp3) is 0.353. The molecule has 1 aromatic carbocycles. The van der Waals surface area contributed by atoms with Gasteiger partial charge >= 0.3 is 0 Å². The number of nitrogens with one attached hydrogen (secondary N) is 1. The van der Waals surface area contributed by atoms with Gasteiger partial charge in [0.05, 0.1) is 0 Å². The second kappa shape index (κ2) is 7.57. The maximum atomic E-state index is 5.99. The molecule has 2 rings (SSSR count). The van der Waals surface area contributed by atoms with Crippen molar-refractivity contribution in [3.05, 3.63) is 57.7 Å². The molecule has 0 radical (unpaired) electrons. The fourth-order valence-corrected chi connectivity index (χ4v) is 2.96. The van der Waals surface area contributed by atoms with Crippen LogP contribution in [0.3, 0.4) is 0 Å². The number of hydrogen-bond donors (Lipinski definition) is 2. The zero-order chi connectivity index (χ0) is 15.2. The lowest BCUT2D eigenvalue weighted by Gasteiger charge is -2.22. The molecule has 1 aromatic heterocycles. The molecular weight excluding hydrogens is 326 g/mol. The van der Waals surface area contributed by atoms with E-state index in [1.807, 2.05) is 6.07 Å². The molecule has 0 bridgehead atoms. The molecule has 112 valence electrons. The van der Waals surface area contributed by atoms with Gasteiger partial charge in [-0.15, -0.1) is 0 Å². The molecule has 0 aliphatic heterocycles. The van der Waals surface area contributed by atoms with Crippen LogP contribution in [0.4, 0.5) is 5.82 Å². The van der Waals surface area contributed by atoms with E-state index in [0.717, 1.165) is 29.4 Å². The highest BCUT2D eigenvalue weighted by Gasteiger charge is 2.15. The topological polar surface area (TPSA) is 50.9 Å². The number of hydrogen-bond acceptors (Lipinski definition) is 3. The Bertz CT molecular complexity index is 598. The lowest BCUT2D eigenvalue weighted by Crippen LogP contribution is -2.25. The first kappa shape index (κ1) is 16.0. The van der Waals surface area contributed by atoms with Crippen LogP contribution in [-0.2, 0) is 6.42 Å². The second-order valence-electron chi connectivity index (χ2n) is 5.26. The van der Waals surface area contributed by atoms with E-state index < -0.39 is 0 Å². The Morgan fingerprint density at radius 1 is 1.33 bits per heavy atom. The Kier molecular flexibility index (Phi) is 5.76. The van der Waals surface area contributed by atoms with E-state index in [0.29, 0.717) is 5.82 Å². The standard InChI is InChI=1S/C17H22BrN3/c1-3-8-20-16(11-13-5-4-9-21-17(13)19)15-7-6-14(18)10-12(15)2/h4-7,9-10,16,20H,3,8,11H2,1-2H3,(H2,19,21). The van der Waals surface area contributed by atoms with Crippen LogP contribution < -0.4 is 11.1 Å². The molecule has 1 atom stereocenters. The third-order valence-electron chi connectivity index (χ3n) is 3.60. The zero-order valence-corrected chi connectivity index (χ0v) is 14.2. The Morgan fingerprint density at radius 3 is 2.81 bits per heavy atom. The minimum absolute atomic E-state index is 0.254. The maximum absolute atomic E-state index is 5.99. The van der Waals surface area contributed by atoms with E-state index in [9.17, 15) is 0 Å². The third-order valence-corrected chi connectivity index (χ3v) is 4.09. The monoisotopic (exact) mass is 347 g/mol. The lowest BCUT2D eigenvalue weighted by atomic mass is 9.95. The molecule has 4 heteroatoms. The molecule has 0 aliphatic carbocycles. The number of halogens is 1. The van der Waals surface area contributed by atoms with Gasteiger partial charge in [-0.3, -0.25) is 0 Å². The number of pyridine rings is 1. The van der Waals surface area contributed by atoms with E-state index in [4.69, 9.17) is 5.73 Å². The van der Waals surface area contributed by atoms with Crippen molar-refractivity contribution in [1.29, 1.82) is 0 Å². The summed E-state index contributed by atoms with van der Waals surface area (Å²) in [7, 11) is 0. The summed E-state index contributed by atoms with van der Waals surface area (Å²) in [5.41, 5.74) is 9.68. The normalized spacial score (nSPS) is 12.3. The van der Waals surface area contributed by atoms with Gasteiger partial charge in [-0.2, -0.15) is 0 Å². The first-order valence-corrected chi connectivity index (χ1v) is 8.10. The molecule has 1 heterocycles. The second-order valence-corrected chi connectivity index (χ2v) is 6.18. The predicted octanol–water partition coefficient (Wildman–Crippen LogP) is 4.02. The van der Waals surface area contributed by atoms with Crippen LogP contribution in [0.15, 0.2) is 41.0 Å². The highest BCUT2D eigenvalue weighted by molar-refractivity contribution is 9.10. The van der Waals surface area contributed by atoms with E-state index in [2.05, 4.69) is 64.3 Å². The van der Waals surface area contributed by atoms with Gasteiger partial charge in [-0.1, -0.05) is 35.0 Å². The summed E-state index contributed by atoms with van der Waals surface area (Å²) in [6.07, 6.45) is 3.69. The zero-order valence-electron chi connectivity index (χ0n) is 12.6. The summed E-state index contributed by atoms with van der Waals surface area (Å²) in [6.45, 7) is 5.31. The number of anilines is 1. The van der Waals surface area contributed by atoms with Crippen LogP contribution in [0, 0.1) is 6.92 Å². The molecule has 0 aliphatic rings. The van der Waals surface area contributed by atoms with Gasteiger partial charge in [-0.05, 0) is 61.2 Å². The van der Waals surface area contributed by atoms with Crippen molar-refractivity contribution in [2.45, 2.75) is 32.7 Å². The van der Waals surface area contributed by atoms with Crippen molar-refractivity contribution in [2.75, 3.05) is 12.3 Å². The van der Waals surface area contributed by atoms with Gasteiger partial charge < -0.3 is 11.1 Å². The molecule has 0 saturated heterocycles. The summed E-state index contributed by atoms with van der Waals surface area (Å²) in [5, 5.41) is 3.62. The van der Waals surface area contributed by atoms with E-state index in [1.54, 1.807) is 6.20 Å². The van der Waals surface area contributed by atoms with Crippen molar-refractivity contribution >= 4 is 21.7 Å². The summed E-state index contributed by atoms with van der Waals surface area (Å²) in [5.74, 6) is 0.621. The predicted molar refractivity (Wildman–Crippen MR) is 92.3 cm³/mol. The van der Waals surface area contributed by atoms with Gasteiger partial charge in [0.2, 0.25) is 0 Å². The number of nitrogens with two attached hydrogens (primary N) is 1. The number of benzene rings is 1. The molecule has 0 fully saturated rings. The number of nitrogen functional groups attached to an aromatic ring is 1. The molecular formula is C17H22BrN3. The minimum Gasteiger partial charge on any atom is -0.383 e. The summed E-state index contributed by atoms with van der Waals surface area (Å²) in [6, 6.07) is 10.7. The Morgan fingerprint density at radius 2 is 2.14 bits per heavy atom. The smallest absolute Gasteiger partial charge is 0.126 e. The van der Waals surface area contributed by atoms with Gasteiger partial charge in [0.1, 0.15) is 5.82 Å². The molecule has 0 saturated carbocycles. The van der Waals surface area contributed by atoms with Crippen molar-refractivity contribution in [3.8, 4) is 0 Å². The third kappa shape index (κ3) is 4.29. The minimum atomic E-state index is 0.254. The Balaban J connectivity index is 2.27. The Labute approximate surface area is 135 Å². The summed E-state index contributed by atoms with van der Waals surface area (Å²) >= 11 is 3.53. The van der Waals surface area contributed by atoms with Gasteiger partial charge in [0.15, 0.2) is 0 Å². The fourth-order valence-electron chi connectivity index (χ4n) is 2.48. The average molecular weight is 348 g/mol. The summed E-state index contributed by atoms with van der Waals surface area (Å²) in [4.78, 5) is 4.19. The number of aromatic nitrogens is 1. The highest BCUT2D eigenvalue weighted by Crippen LogP contribution is 2.26.